The summed E-state index contributed by atoms with van der Waals surface area (Å²) in [5.74, 6) is 0. The van der Waals surface area contributed by atoms with Gasteiger partial charge in [-0.05, 0) is 18.5 Å². The molecule has 1 aliphatic heterocycles. The standard InChI is InChI=1S/C6H11NO2/c8-9-5-6-1-3-7-4-2-6/h1,7-8H,2-5H2. The molecule has 0 aliphatic carbocycles. The van der Waals surface area contributed by atoms with E-state index in [-0.39, 0.29) is 0 Å². The minimum absolute atomic E-state index is 0.363. The first-order valence-electron chi connectivity index (χ1n) is 3.08. The first kappa shape index (κ1) is 6.74. The zero-order valence-corrected chi connectivity index (χ0v) is 5.26. The van der Waals surface area contributed by atoms with Crippen molar-refractivity contribution >= 4 is 0 Å². The molecule has 3 nitrogen and oxygen atoms in total. The summed E-state index contributed by atoms with van der Waals surface area (Å²) in [4.78, 5) is 3.99. The Bertz CT molecular complexity index is 112. The van der Waals surface area contributed by atoms with Crippen molar-refractivity contribution in [2.75, 3.05) is 19.7 Å². The largest absolute Gasteiger partial charge is 0.313 e. The van der Waals surface area contributed by atoms with Crippen LogP contribution in [0.3, 0.4) is 0 Å². The van der Waals surface area contributed by atoms with Gasteiger partial charge in [-0.3, -0.25) is 5.26 Å². The van der Waals surface area contributed by atoms with E-state index in [9.17, 15) is 0 Å². The quantitative estimate of drug-likeness (QED) is 0.322. The molecule has 0 saturated heterocycles. The van der Waals surface area contributed by atoms with E-state index in [0.717, 1.165) is 19.5 Å². The molecule has 2 N–H and O–H groups in total. The second-order valence-electron chi connectivity index (χ2n) is 2.09. The molecule has 0 bridgehead atoms. The van der Waals surface area contributed by atoms with Crippen LogP contribution in [0.2, 0.25) is 0 Å². The van der Waals surface area contributed by atoms with Gasteiger partial charge in [-0.25, -0.2) is 4.89 Å². The van der Waals surface area contributed by atoms with Gasteiger partial charge in [-0.15, -0.1) is 0 Å². The molecular weight excluding hydrogens is 118 g/mol. The summed E-state index contributed by atoms with van der Waals surface area (Å²) in [7, 11) is 0. The first-order valence-corrected chi connectivity index (χ1v) is 3.08. The van der Waals surface area contributed by atoms with Gasteiger partial charge in [0.25, 0.3) is 0 Å². The lowest BCUT2D eigenvalue weighted by Gasteiger charge is -2.11. The normalized spacial score (nSPS) is 19.4. The Kier molecular flexibility index (Phi) is 2.70. The van der Waals surface area contributed by atoms with E-state index in [0.29, 0.717) is 6.61 Å². The van der Waals surface area contributed by atoms with Crippen LogP contribution in [0.5, 0.6) is 0 Å². The summed E-state index contributed by atoms with van der Waals surface area (Å²) >= 11 is 0. The monoisotopic (exact) mass is 129 g/mol. The Labute approximate surface area is 54.3 Å². The minimum atomic E-state index is 0.363. The van der Waals surface area contributed by atoms with Gasteiger partial charge in [0.05, 0.1) is 0 Å². The summed E-state index contributed by atoms with van der Waals surface area (Å²) in [5.41, 5.74) is 1.18. The van der Waals surface area contributed by atoms with Gasteiger partial charge in [0.15, 0.2) is 0 Å². The molecule has 0 saturated carbocycles. The molecule has 1 aliphatic rings. The average molecular weight is 129 g/mol. The molecule has 0 amide bonds. The highest BCUT2D eigenvalue weighted by molar-refractivity contribution is 5.06. The van der Waals surface area contributed by atoms with Crippen molar-refractivity contribution in [1.29, 1.82) is 0 Å². The third-order valence-corrected chi connectivity index (χ3v) is 1.41. The van der Waals surface area contributed by atoms with Crippen molar-refractivity contribution in [2.45, 2.75) is 6.42 Å². The van der Waals surface area contributed by atoms with Gasteiger partial charge in [0.1, 0.15) is 6.61 Å². The van der Waals surface area contributed by atoms with Crippen LogP contribution in [0.4, 0.5) is 0 Å². The fourth-order valence-electron chi connectivity index (χ4n) is 0.884. The summed E-state index contributed by atoms with van der Waals surface area (Å²) < 4.78 is 0. The van der Waals surface area contributed by atoms with E-state index >= 15 is 0 Å². The predicted molar refractivity (Wildman–Crippen MR) is 34.2 cm³/mol. The molecule has 3 heteroatoms. The molecule has 0 fully saturated rings. The Balaban J connectivity index is 2.28. The van der Waals surface area contributed by atoms with Crippen LogP contribution in [0.15, 0.2) is 11.6 Å². The summed E-state index contributed by atoms with van der Waals surface area (Å²) in [6.07, 6.45) is 3.03. The molecule has 0 aromatic heterocycles. The third-order valence-electron chi connectivity index (χ3n) is 1.41. The van der Waals surface area contributed by atoms with Crippen molar-refractivity contribution in [3.63, 3.8) is 0 Å². The van der Waals surface area contributed by atoms with Gasteiger partial charge in [-0.2, -0.15) is 0 Å². The van der Waals surface area contributed by atoms with Crippen molar-refractivity contribution < 1.29 is 10.1 Å². The lowest BCUT2D eigenvalue weighted by atomic mass is 10.1. The van der Waals surface area contributed by atoms with Crippen LogP contribution >= 0.6 is 0 Å². The summed E-state index contributed by atoms with van der Waals surface area (Å²) in [5, 5.41) is 11.2. The fourth-order valence-corrected chi connectivity index (χ4v) is 0.884. The molecule has 0 spiro atoms. The average Bonchev–Trinajstić information content (AvgIpc) is 1.91. The number of hydrogen-bond acceptors (Lipinski definition) is 3. The Morgan fingerprint density at radius 3 is 3.22 bits per heavy atom. The maximum absolute atomic E-state index is 8.06. The van der Waals surface area contributed by atoms with Gasteiger partial charge in [0, 0.05) is 6.54 Å². The molecular formula is C6H11NO2. The lowest BCUT2D eigenvalue weighted by Crippen LogP contribution is -2.21. The van der Waals surface area contributed by atoms with Crippen molar-refractivity contribution in [3.8, 4) is 0 Å². The molecule has 0 atom stereocenters. The molecule has 1 heterocycles. The molecule has 0 aromatic rings. The van der Waals surface area contributed by atoms with E-state index in [1.54, 1.807) is 0 Å². The van der Waals surface area contributed by atoms with Crippen LogP contribution in [0.25, 0.3) is 0 Å². The van der Waals surface area contributed by atoms with Crippen LogP contribution in [-0.2, 0) is 4.89 Å². The van der Waals surface area contributed by atoms with Gasteiger partial charge >= 0.3 is 0 Å². The third kappa shape index (κ3) is 2.13. The highest BCUT2D eigenvalue weighted by atomic mass is 17.1. The van der Waals surface area contributed by atoms with E-state index < -0.39 is 0 Å². The molecule has 0 radical (unpaired) electrons. The Morgan fingerprint density at radius 2 is 2.67 bits per heavy atom. The van der Waals surface area contributed by atoms with E-state index in [4.69, 9.17) is 5.26 Å². The Morgan fingerprint density at radius 1 is 1.78 bits per heavy atom. The molecule has 0 aromatic carbocycles. The number of hydrogen-bond donors (Lipinski definition) is 2. The summed E-state index contributed by atoms with van der Waals surface area (Å²) in [6, 6.07) is 0. The van der Waals surface area contributed by atoms with E-state index in [1.807, 2.05) is 6.08 Å². The van der Waals surface area contributed by atoms with Crippen LogP contribution in [0.1, 0.15) is 6.42 Å². The van der Waals surface area contributed by atoms with Gasteiger partial charge in [-0.1, -0.05) is 6.08 Å². The first-order chi connectivity index (χ1) is 4.43. The minimum Gasteiger partial charge on any atom is -0.313 e. The fraction of sp³-hybridized carbons (Fsp3) is 0.667. The van der Waals surface area contributed by atoms with E-state index in [1.165, 1.54) is 5.57 Å². The second kappa shape index (κ2) is 3.61. The topological polar surface area (TPSA) is 41.5 Å². The Hall–Kier alpha value is -0.380. The number of nitrogens with one attached hydrogen (secondary N) is 1. The molecule has 0 unspecified atom stereocenters. The number of rotatable bonds is 2. The maximum Gasteiger partial charge on any atom is 0.103 e. The molecule has 1 rings (SSSR count). The van der Waals surface area contributed by atoms with Crippen LogP contribution < -0.4 is 5.32 Å². The zero-order valence-electron chi connectivity index (χ0n) is 5.26. The smallest absolute Gasteiger partial charge is 0.103 e. The zero-order chi connectivity index (χ0) is 6.53. The van der Waals surface area contributed by atoms with Crippen LogP contribution in [-0.4, -0.2) is 25.0 Å². The lowest BCUT2D eigenvalue weighted by molar-refractivity contribution is -0.234. The van der Waals surface area contributed by atoms with Crippen molar-refractivity contribution in [1.82, 2.24) is 5.32 Å². The van der Waals surface area contributed by atoms with E-state index in [2.05, 4.69) is 10.2 Å². The second-order valence-corrected chi connectivity index (χ2v) is 2.09. The highest BCUT2D eigenvalue weighted by Crippen LogP contribution is 2.02. The SMILES string of the molecule is OOCC1=CCNCC1. The summed E-state index contributed by atoms with van der Waals surface area (Å²) in [6.45, 7) is 2.26. The highest BCUT2D eigenvalue weighted by Gasteiger charge is 2.00. The van der Waals surface area contributed by atoms with Crippen molar-refractivity contribution in [3.05, 3.63) is 11.6 Å². The maximum atomic E-state index is 8.06. The molecule has 52 valence electrons. The van der Waals surface area contributed by atoms with Crippen molar-refractivity contribution in [2.24, 2.45) is 0 Å². The van der Waals surface area contributed by atoms with Gasteiger partial charge in [0.2, 0.25) is 0 Å². The van der Waals surface area contributed by atoms with Crippen LogP contribution in [0, 0.1) is 0 Å². The predicted octanol–water partition coefficient (Wildman–Crippen LogP) is 0.396. The van der Waals surface area contributed by atoms with Gasteiger partial charge < -0.3 is 5.32 Å². The molecule has 9 heavy (non-hydrogen) atoms.